The molecule has 5 aliphatic rings. The molecule has 0 saturated heterocycles. The van der Waals surface area contributed by atoms with Crippen LogP contribution >= 0.6 is 15.2 Å². The highest BCUT2D eigenvalue weighted by molar-refractivity contribution is 7.75. The van der Waals surface area contributed by atoms with Crippen molar-refractivity contribution in [1.82, 2.24) is 0 Å². The van der Waals surface area contributed by atoms with Crippen molar-refractivity contribution in [3.63, 3.8) is 0 Å². The molecule has 0 radical (unpaired) electrons. The summed E-state index contributed by atoms with van der Waals surface area (Å²) >= 11 is 0. The molecule has 1 saturated carbocycles. The first-order chi connectivity index (χ1) is 43.0. The van der Waals surface area contributed by atoms with Gasteiger partial charge in [0, 0.05) is 0 Å². The smallest absolute Gasteiger partial charge is 0.308 e. The van der Waals surface area contributed by atoms with E-state index >= 15 is 9.13 Å². The summed E-state index contributed by atoms with van der Waals surface area (Å²) in [5, 5.41) is 94.5. The van der Waals surface area contributed by atoms with Gasteiger partial charge >= 0.3 is 15.2 Å². The second-order valence-electron chi connectivity index (χ2n) is 30.3. The number of benzene rings is 23. The van der Waals surface area contributed by atoms with Gasteiger partial charge in [0.1, 0.15) is 0 Å². The molecule has 0 amide bonds. The van der Waals surface area contributed by atoms with Crippen molar-refractivity contribution in [2.24, 2.45) is 0 Å². The summed E-state index contributed by atoms with van der Waals surface area (Å²) in [5.74, 6) is 0. The molecule has 0 aliphatic heterocycles. The van der Waals surface area contributed by atoms with E-state index in [1.807, 2.05) is 27.7 Å². The van der Waals surface area contributed by atoms with E-state index in [0.29, 0.717) is 0 Å². The zero-order chi connectivity index (χ0) is 53.4. The topological polar surface area (TPSA) is 71.1 Å². The molecule has 2 spiro atoms. The van der Waals surface area contributed by atoms with Crippen LogP contribution in [0.2, 0.25) is 0 Å². The lowest BCUT2D eigenvalue weighted by Gasteiger charge is -2.36. The van der Waals surface area contributed by atoms with Crippen molar-refractivity contribution in [2.75, 3.05) is 26.4 Å². The van der Waals surface area contributed by atoms with Crippen molar-refractivity contribution in [3.05, 3.63) is 22.3 Å². The molecule has 382 valence electrons. The molecule has 0 bridgehead atoms. The van der Waals surface area contributed by atoms with Crippen LogP contribution < -0.4 is 0 Å². The zero-order valence-corrected chi connectivity index (χ0v) is 47.5. The fraction of sp³-hybridized carbons (Fsp3) is 0.139. The first-order valence-electron chi connectivity index (χ1n) is 32.3. The summed E-state index contributed by atoms with van der Waals surface area (Å²) in [5.41, 5.74) is 2.47. The average Bonchev–Trinajstić information content (AvgIpc) is 1.35. The molecule has 38 rings (SSSR count). The molecule has 33 aromatic carbocycles. The molecule has 33 aromatic rings. The Bertz CT molecular complexity index is 8750. The van der Waals surface area contributed by atoms with E-state index in [1.54, 1.807) is 86.2 Å². The normalized spacial score (nSPS) is 22.0. The van der Waals surface area contributed by atoms with Gasteiger partial charge in [0.05, 0.1) is 37.3 Å². The van der Waals surface area contributed by atoms with Gasteiger partial charge in [-0.05, 0) is 395 Å². The van der Waals surface area contributed by atoms with Crippen molar-refractivity contribution in [2.45, 2.75) is 43.4 Å². The quantitative estimate of drug-likeness (QED) is 0.0772. The third kappa shape index (κ3) is 1.96. The number of rotatable bonds is 10. The van der Waals surface area contributed by atoms with Gasteiger partial charge in [0.25, 0.3) is 0 Å². The second kappa shape index (κ2) is 8.31. The lowest BCUT2D eigenvalue weighted by Crippen LogP contribution is -2.29. The SMILES string of the molecule is CCOP(=O)(OCC)C1(P(=O)(OCC)OCC)C23c4c5c6c7c8c9c(c%10c%11c2c2c4c4c%12c5c5c6c6c8c8c%13c9c9c%10c%10c%14c%11c%11c2c2c4c4c%12c%12c5c5c6c8c6c8c%13c%13c9c%10c9c%10c%14c%11c%11c2c2c4c4c%12c5c6c5c4c4c2c%11c%10c2c9c%13c8c5c24)C731. The Morgan fingerprint density at radius 2 is 0.276 bits per heavy atom. The Morgan fingerprint density at radius 3 is 0.368 bits per heavy atom. The van der Waals surface area contributed by atoms with Crippen LogP contribution in [0.4, 0.5) is 0 Å². The highest BCUT2D eigenvalue weighted by Gasteiger charge is 3.06. The Labute approximate surface area is 476 Å². The molecule has 1 fully saturated rings. The first-order valence-corrected chi connectivity index (χ1v) is 35.4. The minimum Gasteiger partial charge on any atom is -0.308 e. The largest absolute Gasteiger partial charge is 0.351 e. The molecule has 0 N–H and O–H groups in total. The maximum absolute atomic E-state index is 18.7. The van der Waals surface area contributed by atoms with Crippen LogP contribution in [0.25, 0.3) is 345 Å². The van der Waals surface area contributed by atoms with Gasteiger partial charge in [-0.2, -0.15) is 0 Å². The molecule has 0 aromatic heterocycles. The van der Waals surface area contributed by atoms with Crippen LogP contribution in [0.5, 0.6) is 0 Å². The van der Waals surface area contributed by atoms with Crippen molar-refractivity contribution >= 4 is 360 Å². The van der Waals surface area contributed by atoms with E-state index in [4.69, 9.17) is 18.1 Å². The summed E-state index contributed by atoms with van der Waals surface area (Å²) in [7, 11) is -9.41. The molecule has 8 heteroatoms. The van der Waals surface area contributed by atoms with Gasteiger partial charge in [0.2, 0.25) is 4.90 Å². The van der Waals surface area contributed by atoms with E-state index in [-0.39, 0.29) is 26.4 Å². The second-order valence-corrected chi connectivity index (χ2v) is 35.1. The average molecular weight is 1130 g/mol. The Morgan fingerprint density at radius 1 is 0.184 bits per heavy atom. The fourth-order valence-electron chi connectivity index (χ4n) is 30.3. The zero-order valence-electron chi connectivity index (χ0n) is 45.7. The van der Waals surface area contributed by atoms with Gasteiger partial charge < -0.3 is 18.1 Å². The molecular weight excluding hydrogens is 1110 g/mol. The standard InChI is InChI=1S/C79H20O6P2/c1-5-82-86(80,83-6-2)79(87(81,84-7-3)85-8-4)77-73-65-57-46-35-25-15-10-9-11-13-12(10)19-23-24-20(13)28-26-16(11)22-18-14(9)17-21(15)31(35)42-37-29(17)30(18)38-43-32(22)36(26)47-49-40(28)45-34(24)41-33(23)44-39(27(19)25)48(46)61-54(44)63-56(41)64-55(45)62(49)70-66-58(47)53(43)60-51(38)50(37)59(52(42)57)67(73)68(60)74(66)78(77,79)76(70)72(64)71(63)75(77)69(61)65/h5-8H2,1-4H3. The van der Waals surface area contributed by atoms with Crippen molar-refractivity contribution in [3.8, 4) is 0 Å². The molecule has 2 atom stereocenters. The van der Waals surface area contributed by atoms with Crippen LogP contribution in [-0.4, -0.2) is 31.3 Å². The maximum atomic E-state index is 18.7. The Kier molecular flexibility index (Phi) is 3.43. The van der Waals surface area contributed by atoms with Gasteiger partial charge in [-0.1, -0.05) is 0 Å². The van der Waals surface area contributed by atoms with Crippen molar-refractivity contribution in [1.29, 1.82) is 0 Å². The van der Waals surface area contributed by atoms with Gasteiger partial charge in [0.15, 0.2) is 0 Å². The predicted octanol–water partition coefficient (Wildman–Crippen LogP) is 22.5. The Balaban J connectivity index is 1.08. The Hall–Kier alpha value is -8.54. The van der Waals surface area contributed by atoms with E-state index in [1.165, 1.54) is 281 Å². The summed E-state index contributed by atoms with van der Waals surface area (Å²) < 4.78 is 66.7. The molecule has 2 unspecified atom stereocenters. The highest BCUT2D eigenvalue weighted by atomic mass is 31.2. The summed E-state index contributed by atoms with van der Waals surface area (Å²) in [6.45, 7) is 8.32. The van der Waals surface area contributed by atoms with E-state index < -0.39 is 30.9 Å². The molecule has 5 aliphatic carbocycles. The van der Waals surface area contributed by atoms with Crippen LogP contribution in [0.15, 0.2) is 0 Å². The van der Waals surface area contributed by atoms with E-state index in [0.717, 1.165) is 0 Å². The minimum absolute atomic E-state index is 0.115. The molecule has 0 heterocycles. The van der Waals surface area contributed by atoms with Crippen LogP contribution in [-0.2, 0) is 38.1 Å². The summed E-state index contributed by atoms with van der Waals surface area (Å²) in [4.78, 5) is -1.88. The lowest BCUT2D eigenvalue weighted by atomic mass is 9.66. The van der Waals surface area contributed by atoms with Crippen LogP contribution in [0.3, 0.4) is 0 Å². The van der Waals surface area contributed by atoms with E-state index in [9.17, 15) is 0 Å². The lowest BCUT2D eigenvalue weighted by molar-refractivity contribution is 0.188. The maximum Gasteiger partial charge on any atom is 0.351 e. The minimum atomic E-state index is -4.71. The number of hydrogen-bond acceptors (Lipinski definition) is 6. The molecule has 87 heavy (non-hydrogen) atoms. The van der Waals surface area contributed by atoms with Gasteiger partial charge in [-0.3, -0.25) is 9.13 Å². The van der Waals surface area contributed by atoms with E-state index in [2.05, 4.69) is 0 Å². The summed E-state index contributed by atoms with van der Waals surface area (Å²) in [6, 6.07) is 0. The predicted molar refractivity (Wildman–Crippen MR) is 362 cm³/mol. The van der Waals surface area contributed by atoms with Crippen LogP contribution in [0, 0.1) is 0 Å². The monoisotopic (exact) mass is 1130 g/mol. The summed E-state index contributed by atoms with van der Waals surface area (Å²) in [6.07, 6.45) is 0. The van der Waals surface area contributed by atoms with Crippen LogP contribution in [0.1, 0.15) is 49.9 Å². The third-order valence-corrected chi connectivity index (χ3v) is 36.8. The highest BCUT2D eigenvalue weighted by Crippen LogP contribution is 3.07. The molecule has 6 nitrogen and oxygen atoms in total. The van der Waals surface area contributed by atoms with Crippen molar-refractivity contribution < 1.29 is 27.2 Å². The van der Waals surface area contributed by atoms with Gasteiger partial charge in [-0.15, -0.1) is 0 Å². The van der Waals surface area contributed by atoms with Gasteiger partial charge in [-0.25, -0.2) is 0 Å². The first kappa shape index (κ1) is 35.9. The number of hydrogen-bond donors (Lipinski definition) is 0. The molecular formula is C79H20O6P2. The third-order valence-electron chi connectivity index (χ3n) is 30.0. The fourth-order valence-corrected chi connectivity index (χ4v) is 37.6.